The smallest absolute Gasteiger partial charge is 0.220 e. The molecule has 1 aliphatic rings. The van der Waals surface area contributed by atoms with Crippen molar-refractivity contribution in [2.24, 2.45) is 0 Å². The van der Waals surface area contributed by atoms with Crippen LogP contribution in [0.25, 0.3) is 10.9 Å². The van der Waals surface area contributed by atoms with Gasteiger partial charge in [0.15, 0.2) is 0 Å². The maximum atomic E-state index is 11.5. The Kier molecular flexibility index (Phi) is 2.54. The molecule has 1 saturated heterocycles. The first-order valence-corrected chi connectivity index (χ1v) is 6.31. The molecule has 2 heterocycles. The largest absolute Gasteiger partial charge is 0.353 e. The lowest BCUT2D eigenvalue weighted by Crippen LogP contribution is -2.24. The molecule has 2 aromatic rings. The third-order valence-electron chi connectivity index (χ3n) is 3.67. The van der Waals surface area contributed by atoms with Crippen LogP contribution in [0.3, 0.4) is 0 Å². The number of rotatable bonds is 1. The highest BCUT2D eigenvalue weighted by Crippen LogP contribution is 2.33. The van der Waals surface area contributed by atoms with Gasteiger partial charge < -0.3 is 5.32 Å². The molecular formula is C15H16N2O. The molecule has 1 N–H and O–H groups in total. The summed E-state index contributed by atoms with van der Waals surface area (Å²) in [7, 11) is 0. The van der Waals surface area contributed by atoms with Gasteiger partial charge in [0.05, 0.1) is 5.52 Å². The van der Waals surface area contributed by atoms with Crippen molar-refractivity contribution in [3.05, 3.63) is 41.6 Å². The van der Waals surface area contributed by atoms with E-state index in [4.69, 9.17) is 0 Å². The highest BCUT2D eigenvalue weighted by molar-refractivity contribution is 5.86. The molecule has 92 valence electrons. The fourth-order valence-electron chi connectivity index (χ4n) is 2.82. The van der Waals surface area contributed by atoms with Crippen molar-refractivity contribution in [2.75, 3.05) is 0 Å². The average Bonchev–Trinajstić information content (AvgIpc) is 2.67. The topological polar surface area (TPSA) is 42.0 Å². The third-order valence-corrected chi connectivity index (χ3v) is 3.67. The van der Waals surface area contributed by atoms with Crippen LogP contribution in [-0.2, 0) is 4.79 Å². The quantitative estimate of drug-likeness (QED) is 0.832. The van der Waals surface area contributed by atoms with Crippen molar-refractivity contribution in [3.8, 4) is 0 Å². The van der Waals surface area contributed by atoms with E-state index < -0.39 is 0 Å². The molecular weight excluding hydrogens is 224 g/mol. The van der Waals surface area contributed by atoms with Gasteiger partial charge in [0, 0.05) is 29.5 Å². The van der Waals surface area contributed by atoms with Crippen LogP contribution in [0.2, 0.25) is 0 Å². The highest BCUT2D eigenvalue weighted by atomic mass is 16.1. The van der Waals surface area contributed by atoms with Gasteiger partial charge in [-0.05, 0) is 31.5 Å². The van der Waals surface area contributed by atoms with Crippen LogP contribution in [0.1, 0.15) is 30.5 Å². The van der Waals surface area contributed by atoms with Crippen molar-refractivity contribution in [2.45, 2.75) is 32.2 Å². The number of aryl methyl sites for hydroxylation is 1. The van der Waals surface area contributed by atoms with Crippen molar-refractivity contribution in [1.29, 1.82) is 0 Å². The summed E-state index contributed by atoms with van der Waals surface area (Å²) < 4.78 is 0. The van der Waals surface area contributed by atoms with Crippen molar-refractivity contribution in [3.63, 3.8) is 0 Å². The molecule has 0 bridgehead atoms. The zero-order chi connectivity index (χ0) is 12.7. The lowest BCUT2D eigenvalue weighted by atomic mass is 9.89. The average molecular weight is 240 g/mol. The first kappa shape index (κ1) is 11.2. The number of para-hydroxylation sites is 1. The van der Waals surface area contributed by atoms with Crippen LogP contribution in [0, 0.1) is 6.92 Å². The maximum Gasteiger partial charge on any atom is 0.220 e. The first-order chi connectivity index (χ1) is 8.65. The minimum Gasteiger partial charge on any atom is -0.353 e. The minimum atomic E-state index is 0.144. The second-order valence-corrected chi connectivity index (χ2v) is 5.04. The van der Waals surface area contributed by atoms with Crippen molar-refractivity contribution < 1.29 is 4.79 Å². The van der Waals surface area contributed by atoms with E-state index in [0.717, 1.165) is 16.6 Å². The molecule has 2 unspecified atom stereocenters. The summed E-state index contributed by atoms with van der Waals surface area (Å²) in [6.45, 7) is 4.07. The predicted octanol–water partition coefficient (Wildman–Crippen LogP) is 2.54. The summed E-state index contributed by atoms with van der Waals surface area (Å²) in [4.78, 5) is 16.1. The Balaban J connectivity index is 2.19. The summed E-state index contributed by atoms with van der Waals surface area (Å²) in [6.07, 6.45) is 0.578. The predicted molar refractivity (Wildman–Crippen MR) is 71.4 cm³/mol. The van der Waals surface area contributed by atoms with Crippen LogP contribution < -0.4 is 5.32 Å². The van der Waals surface area contributed by atoms with Crippen LogP contribution in [0.5, 0.6) is 0 Å². The number of hydrogen-bond acceptors (Lipinski definition) is 2. The number of nitrogens with zero attached hydrogens (tertiary/aromatic N) is 1. The minimum absolute atomic E-state index is 0.144. The molecule has 18 heavy (non-hydrogen) atoms. The van der Waals surface area contributed by atoms with Crippen LogP contribution in [-0.4, -0.2) is 16.9 Å². The lowest BCUT2D eigenvalue weighted by Gasteiger charge is -2.17. The second kappa shape index (κ2) is 4.09. The third kappa shape index (κ3) is 1.76. The zero-order valence-corrected chi connectivity index (χ0v) is 10.6. The Morgan fingerprint density at radius 2 is 2.11 bits per heavy atom. The maximum absolute atomic E-state index is 11.5. The summed E-state index contributed by atoms with van der Waals surface area (Å²) in [6, 6.07) is 10.5. The summed E-state index contributed by atoms with van der Waals surface area (Å²) in [5.74, 6) is 0.398. The molecule has 0 saturated carbocycles. The molecule has 0 spiro atoms. The molecule has 3 nitrogen and oxygen atoms in total. The van der Waals surface area contributed by atoms with E-state index >= 15 is 0 Å². The first-order valence-electron chi connectivity index (χ1n) is 6.31. The number of amides is 1. The van der Waals surface area contributed by atoms with Gasteiger partial charge >= 0.3 is 0 Å². The lowest BCUT2D eigenvalue weighted by molar-refractivity contribution is -0.119. The number of nitrogens with one attached hydrogen (secondary N) is 1. The van der Waals surface area contributed by atoms with Gasteiger partial charge in [-0.1, -0.05) is 18.2 Å². The molecule has 1 fully saturated rings. The van der Waals surface area contributed by atoms with Crippen molar-refractivity contribution in [1.82, 2.24) is 10.3 Å². The van der Waals surface area contributed by atoms with Gasteiger partial charge in [-0.15, -0.1) is 0 Å². The molecule has 2 atom stereocenters. The van der Waals surface area contributed by atoms with Gasteiger partial charge in [-0.3, -0.25) is 9.78 Å². The number of hydrogen-bond donors (Lipinski definition) is 1. The number of carbonyl (C=O) groups excluding carboxylic acids is 1. The number of benzene rings is 1. The Hall–Kier alpha value is -1.90. The normalized spacial score (nSPS) is 23.3. The van der Waals surface area contributed by atoms with Crippen LogP contribution >= 0.6 is 0 Å². The summed E-state index contributed by atoms with van der Waals surface area (Å²) in [5.41, 5.74) is 3.26. The van der Waals surface area contributed by atoms with E-state index in [-0.39, 0.29) is 17.9 Å². The molecule has 1 amide bonds. The number of fused-ring (bicyclic) bond motifs is 1. The van der Waals surface area contributed by atoms with Crippen molar-refractivity contribution >= 4 is 16.8 Å². The van der Waals surface area contributed by atoms with Gasteiger partial charge in [-0.2, -0.15) is 0 Å². The van der Waals surface area contributed by atoms with Gasteiger partial charge in [0.2, 0.25) is 5.91 Å². The molecule has 1 aromatic heterocycles. The molecule has 1 aromatic carbocycles. The molecule has 3 rings (SSSR count). The molecule has 0 aliphatic carbocycles. The number of pyridine rings is 1. The van der Waals surface area contributed by atoms with Crippen LogP contribution in [0.4, 0.5) is 0 Å². The highest BCUT2D eigenvalue weighted by Gasteiger charge is 2.31. The summed E-state index contributed by atoms with van der Waals surface area (Å²) in [5, 5.41) is 4.15. The molecule has 3 heteroatoms. The number of aromatic nitrogens is 1. The van der Waals surface area contributed by atoms with Gasteiger partial charge in [0.1, 0.15) is 0 Å². The monoisotopic (exact) mass is 240 g/mol. The van der Waals surface area contributed by atoms with Gasteiger partial charge in [0.25, 0.3) is 0 Å². The molecule has 0 radical (unpaired) electrons. The van der Waals surface area contributed by atoms with Gasteiger partial charge in [-0.25, -0.2) is 0 Å². The second-order valence-electron chi connectivity index (χ2n) is 5.04. The van der Waals surface area contributed by atoms with E-state index in [0.29, 0.717) is 6.42 Å². The zero-order valence-electron chi connectivity index (χ0n) is 10.6. The Morgan fingerprint density at radius 1 is 1.33 bits per heavy atom. The van der Waals surface area contributed by atoms with Crippen LogP contribution in [0.15, 0.2) is 30.3 Å². The SMILES string of the molecule is Cc1cc(C2CC(=O)NC2C)c2ccccc2n1. The van der Waals surface area contributed by atoms with E-state index in [9.17, 15) is 4.79 Å². The summed E-state index contributed by atoms with van der Waals surface area (Å²) >= 11 is 0. The van der Waals surface area contributed by atoms with E-state index in [1.54, 1.807) is 0 Å². The molecule has 1 aliphatic heterocycles. The standard InChI is InChI=1S/C15H16N2O/c1-9-7-13(12-8-15(18)17-10(12)2)11-5-3-4-6-14(11)16-9/h3-7,10,12H,8H2,1-2H3,(H,17,18). The Bertz CT molecular complexity index is 621. The van der Waals surface area contributed by atoms with E-state index in [1.165, 1.54) is 5.56 Å². The number of carbonyl (C=O) groups is 1. The Labute approximate surface area is 106 Å². The fraction of sp³-hybridized carbons (Fsp3) is 0.333. The Morgan fingerprint density at radius 3 is 2.83 bits per heavy atom. The van der Waals surface area contributed by atoms with E-state index in [2.05, 4.69) is 29.4 Å². The van der Waals surface area contributed by atoms with E-state index in [1.807, 2.05) is 25.1 Å². The fourth-order valence-corrected chi connectivity index (χ4v) is 2.82.